The second-order valence-corrected chi connectivity index (χ2v) is 7.41. The topological polar surface area (TPSA) is 75.9 Å². The largest absolute Gasteiger partial charge is 0.354 e. The minimum absolute atomic E-state index is 0.0260. The number of benzene rings is 1. The zero-order chi connectivity index (χ0) is 20.4. The number of piperidine rings is 1. The SMILES string of the molecule is Cc1ccc(N2CC[C@@H](NC(=O)c3cccc(F)c3)[C@@H](c3cnn(C)c3)C2)nn1. The summed E-state index contributed by atoms with van der Waals surface area (Å²) in [5.74, 6) is 0.152. The van der Waals surface area contributed by atoms with E-state index < -0.39 is 5.82 Å². The number of carbonyl (C=O) groups excluding carboxylic acids is 1. The Bertz CT molecular complexity index is 1000. The van der Waals surface area contributed by atoms with Crippen molar-refractivity contribution in [2.75, 3.05) is 18.0 Å². The molecule has 29 heavy (non-hydrogen) atoms. The molecule has 0 radical (unpaired) electrons. The maximum Gasteiger partial charge on any atom is 0.251 e. The maximum atomic E-state index is 13.5. The monoisotopic (exact) mass is 394 g/mol. The third-order valence-corrected chi connectivity index (χ3v) is 5.28. The standard InChI is InChI=1S/C21H23FN6O/c1-14-6-7-20(26-25-14)28-9-8-19(18(13-28)16-11-23-27(2)12-16)24-21(29)15-4-3-5-17(22)10-15/h3-7,10-12,18-19H,8-9,13H2,1-2H3,(H,24,29)/t18-,19-/m1/s1. The molecular formula is C21H23FN6O. The fraction of sp³-hybridized carbons (Fsp3) is 0.333. The number of nitrogens with one attached hydrogen (secondary N) is 1. The molecule has 4 rings (SSSR count). The third kappa shape index (κ3) is 4.26. The zero-order valence-corrected chi connectivity index (χ0v) is 16.4. The predicted octanol–water partition coefficient (Wildman–Crippen LogP) is 2.45. The summed E-state index contributed by atoms with van der Waals surface area (Å²) >= 11 is 0. The Morgan fingerprint density at radius 1 is 1.24 bits per heavy atom. The summed E-state index contributed by atoms with van der Waals surface area (Å²) < 4.78 is 15.3. The Kier molecular flexibility index (Phi) is 5.24. The van der Waals surface area contributed by atoms with Gasteiger partial charge in [-0.3, -0.25) is 9.48 Å². The predicted molar refractivity (Wildman–Crippen MR) is 107 cm³/mol. The van der Waals surface area contributed by atoms with Gasteiger partial charge in [0.15, 0.2) is 5.82 Å². The molecule has 1 amide bonds. The molecule has 2 aromatic heterocycles. The number of amides is 1. The minimum Gasteiger partial charge on any atom is -0.354 e. The molecule has 1 aliphatic heterocycles. The van der Waals surface area contributed by atoms with Gasteiger partial charge in [0.25, 0.3) is 5.91 Å². The second-order valence-electron chi connectivity index (χ2n) is 7.41. The van der Waals surface area contributed by atoms with Crippen LogP contribution in [0.25, 0.3) is 0 Å². The van der Waals surface area contributed by atoms with Crippen LogP contribution in [0.3, 0.4) is 0 Å². The molecule has 7 nitrogen and oxygen atoms in total. The van der Waals surface area contributed by atoms with Crippen LogP contribution in [0.4, 0.5) is 10.2 Å². The van der Waals surface area contributed by atoms with E-state index in [0.717, 1.165) is 30.0 Å². The van der Waals surface area contributed by atoms with E-state index >= 15 is 0 Å². The molecule has 0 saturated carbocycles. The molecule has 3 aromatic rings. The molecule has 8 heteroatoms. The van der Waals surface area contributed by atoms with Crippen LogP contribution in [0.1, 0.15) is 34.0 Å². The molecule has 0 spiro atoms. The summed E-state index contributed by atoms with van der Waals surface area (Å²) in [5.41, 5.74) is 2.23. The average Bonchev–Trinajstić information content (AvgIpc) is 3.15. The van der Waals surface area contributed by atoms with E-state index in [1.165, 1.54) is 12.1 Å². The zero-order valence-electron chi connectivity index (χ0n) is 16.4. The number of hydrogen-bond acceptors (Lipinski definition) is 5. The lowest BCUT2D eigenvalue weighted by atomic mass is 9.87. The summed E-state index contributed by atoms with van der Waals surface area (Å²) in [4.78, 5) is 14.9. The normalized spacial score (nSPS) is 19.2. The summed E-state index contributed by atoms with van der Waals surface area (Å²) in [7, 11) is 1.87. The third-order valence-electron chi connectivity index (χ3n) is 5.28. The van der Waals surface area contributed by atoms with Crippen molar-refractivity contribution < 1.29 is 9.18 Å². The minimum atomic E-state index is -0.422. The first-order valence-electron chi connectivity index (χ1n) is 9.60. The van der Waals surface area contributed by atoms with Gasteiger partial charge in [0.05, 0.1) is 11.9 Å². The molecule has 1 aromatic carbocycles. The number of aryl methyl sites for hydroxylation is 2. The van der Waals surface area contributed by atoms with Gasteiger partial charge in [-0.05, 0) is 49.2 Å². The van der Waals surface area contributed by atoms with E-state index in [4.69, 9.17) is 0 Å². The van der Waals surface area contributed by atoms with Gasteiger partial charge in [-0.25, -0.2) is 4.39 Å². The van der Waals surface area contributed by atoms with Crippen LogP contribution in [-0.2, 0) is 7.05 Å². The summed E-state index contributed by atoms with van der Waals surface area (Å²) in [6.07, 6.45) is 4.53. The van der Waals surface area contributed by atoms with Crippen molar-refractivity contribution in [2.24, 2.45) is 7.05 Å². The van der Waals surface area contributed by atoms with Crippen LogP contribution < -0.4 is 10.2 Å². The van der Waals surface area contributed by atoms with Gasteiger partial charge in [0.2, 0.25) is 0 Å². The van der Waals surface area contributed by atoms with Crippen LogP contribution in [0, 0.1) is 12.7 Å². The van der Waals surface area contributed by atoms with E-state index in [0.29, 0.717) is 12.1 Å². The number of carbonyl (C=O) groups is 1. The van der Waals surface area contributed by atoms with E-state index in [1.54, 1.807) is 16.8 Å². The molecular weight excluding hydrogens is 371 g/mol. The molecule has 1 saturated heterocycles. The Labute approximate surface area is 168 Å². The first-order chi connectivity index (χ1) is 14.0. The second kappa shape index (κ2) is 7.98. The van der Waals surface area contributed by atoms with Gasteiger partial charge in [-0.2, -0.15) is 10.2 Å². The highest BCUT2D eigenvalue weighted by atomic mass is 19.1. The number of rotatable bonds is 4. The summed E-state index contributed by atoms with van der Waals surface area (Å²) in [6, 6.07) is 9.57. The molecule has 1 fully saturated rings. The van der Waals surface area contributed by atoms with Crippen LogP contribution in [0.15, 0.2) is 48.8 Å². The van der Waals surface area contributed by atoms with Crippen molar-refractivity contribution in [3.05, 3.63) is 71.4 Å². The summed E-state index contributed by atoms with van der Waals surface area (Å²) in [6.45, 7) is 3.32. The highest BCUT2D eigenvalue weighted by molar-refractivity contribution is 5.94. The lowest BCUT2D eigenvalue weighted by molar-refractivity contribution is 0.0925. The van der Waals surface area contributed by atoms with Crippen LogP contribution >= 0.6 is 0 Å². The van der Waals surface area contributed by atoms with Crippen molar-refractivity contribution in [2.45, 2.75) is 25.3 Å². The van der Waals surface area contributed by atoms with Crippen LogP contribution in [0.2, 0.25) is 0 Å². The van der Waals surface area contributed by atoms with E-state index in [2.05, 4.69) is 25.5 Å². The number of aromatic nitrogens is 4. The Hall–Kier alpha value is -3.29. The van der Waals surface area contributed by atoms with Crippen molar-refractivity contribution in [1.82, 2.24) is 25.3 Å². The lowest BCUT2D eigenvalue weighted by Crippen LogP contribution is -2.50. The van der Waals surface area contributed by atoms with Crippen molar-refractivity contribution in [3.63, 3.8) is 0 Å². The average molecular weight is 394 g/mol. The molecule has 150 valence electrons. The Balaban J connectivity index is 1.56. The molecule has 3 heterocycles. The van der Waals surface area contributed by atoms with Crippen molar-refractivity contribution >= 4 is 11.7 Å². The molecule has 0 bridgehead atoms. The fourth-order valence-electron chi connectivity index (χ4n) is 3.74. The van der Waals surface area contributed by atoms with Crippen molar-refractivity contribution in [3.8, 4) is 0 Å². The molecule has 0 aliphatic carbocycles. The van der Waals surface area contributed by atoms with Gasteiger partial charge in [0.1, 0.15) is 5.82 Å². The van der Waals surface area contributed by atoms with E-state index in [-0.39, 0.29) is 17.9 Å². The highest BCUT2D eigenvalue weighted by Gasteiger charge is 2.33. The lowest BCUT2D eigenvalue weighted by Gasteiger charge is -2.39. The number of nitrogens with zero attached hydrogens (tertiary/aromatic N) is 5. The van der Waals surface area contributed by atoms with Gasteiger partial charge >= 0.3 is 0 Å². The fourth-order valence-corrected chi connectivity index (χ4v) is 3.74. The number of hydrogen-bond donors (Lipinski definition) is 1. The van der Waals surface area contributed by atoms with Crippen LogP contribution in [0.5, 0.6) is 0 Å². The Morgan fingerprint density at radius 3 is 2.79 bits per heavy atom. The highest BCUT2D eigenvalue weighted by Crippen LogP contribution is 2.29. The molecule has 1 N–H and O–H groups in total. The molecule has 2 atom stereocenters. The van der Waals surface area contributed by atoms with Gasteiger partial charge < -0.3 is 10.2 Å². The van der Waals surface area contributed by atoms with Gasteiger partial charge in [0, 0.05) is 43.9 Å². The molecule has 0 unspecified atom stereocenters. The quantitative estimate of drug-likeness (QED) is 0.736. The Morgan fingerprint density at radius 2 is 2.10 bits per heavy atom. The van der Waals surface area contributed by atoms with Crippen molar-refractivity contribution in [1.29, 1.82) is 0 Å². The number of halogens is 1. The maximum absolute atomic E-state index is 13.5. The summed E-state index contributed by atoms with van der Waals surface area (Å²) in [5, 5.41) is 15.9. The molecule has 1 aliphatic rings. The van der Waals surface area contributed by atoms with E-state index in [9.17, 15) is 9.18 Å². The number of anilines is 1. The first kappa shape index (κ1) is 19.0. The first-order valence-corrected chi connectivity index (χ1v) is 9.60. The smallest absolute Gasteiger partial charge is 0.251 e. The van der Waals surface area contributed by atoms with Gasteiger partial charge in [-0.15, -0.1) is 5.10 Å². The van der Waals surface area contributed by atoms with Crippen LogP contribution in [-0.4, -0.2) is 45.0 Å². The van der Waals surface area contributed by atoms with E-state index in [1.807, 2.05) is 38.5 Å². The van der Waals surface area contributed by atoms with Gasteiger partial charge in [-0.1, -0.05) is 6.07 Å².